The number of para-hydroxylation sites is 3. The molecule has 1 aliphatic carbocycles. The summed E-state index contributed by atoms with van der Waals surface area (Å²) in [6.07, 6.45) is 3.62. The lowest BCUT2D eigenvalue weighted by atomic mass is 9.74. The van der Waals surface area contributed by atoms with E-state index in [1.54, 1.807) is 12.1 Å². The Morgan fingerprint density at radius 3 is 2.16 bits per heavy atom. The van der Waals surface area contributed by atoms with Crippen LogP contribution in [0.25, 0.3) is 61.3 Å². The molecule has 4 heteroatoms. The number of aryl methyl sites for hydroxylation is 1. The van der Waals surface area contributed by atoms with Gasteiger partial charge in [0.25, 0.3) is 0 Å². The van der Waals surface area contributed by atoms with Crippen molar-refractivity contribution in [3.05, 3.63) is 113 Å². The summed E-state index contributed by atoms with van der Waals surface area (Å²) in [5.74, 6) is 1.21. The minimum absolute atomic E-state index is 0.0165. The van der Waals surface area contributed by atoms with Crippen LogP contribution in [0.3, 0.4) is 0 Å². The van der Waals surface area contributed by atoms with Gasteiger partial charge in [-0.25, -0.2) is 9.97 Å². The van der Waals surface area contributed by atoms with Gasteiger partial charge in [-0.15, -0.1) is 0 Å². The lowest BCUT2D eigenvalue weighted by Gasteiger charge is -2.31. The Bertz CT molecular complexity index is 2520. The minimum atomic E-state index is -2.33. The summed E-state index contributed by atoms with van der Waals surface area (Å²) in [7, 11) is 0. The van der Waals surface area contributed by atoms with Crippen LogP contribution >= 0.6 is 0 Å². The number of aromatic nitrogens is 3. The fourth-order valence-electron chi connectivity index (χ4n) is 8.39. The smallest absolute Gasteiger partial charge is 0.227 e. The highest BCUT2D eigenvalue weighted by atomic mass is 16.3. The van der Waals surface area contributed by atoms with Gasteiger partial charge in [0, 0.05) is 20.6 Å². The summed E-state index contributed by atoms with van der Waals surface area (Å²) in [6, 6.07) is 29.8. The number of furan rings is 1. The Morgan fingerprint density at radius 1 is 0.720 bits per heavy atom. The molecule has 0 spiro atoms. The van der Waals surface area contributed by atoms with Crippen LogP contribution in [0.5, 0.6) is 0 Å². The zero-order valence-electron chi connectivity index (χ0n) is 33.6. The lowest BCUT2D eigenvalue weighted by Crippen LogP contribution is -2.22. The Kier molecular flexibility index (Phi) is 6.80. The maximum Gasteiger partial charge on any atom is 0.227 e. The van der Waals surface area contributed by atoms with Crippen molar-refractivity contribution in [2.24, 2.45) is 0 Å². The number of hydrogen-bond acceptors (Lipinski definition) is 3. The van der Waals surface area contributed by atoms with E-state index in [9.17, 15) is 0 Å². The van der Waals surface area contributed by atoms with Crippen molar-refractivity contribution in [2.75, 3.05) is 0 Å². The predicted molar refractivity (Wildman–Crippen MR) is 210 cm³/mol. The highest BCUT2D eigenvalue weighted by Gasteiger charge is 2.35. The van der Waals surface area contributed by atoms with Crippen LogP contribution in [0.1, 0.15) is 119 Å². The van der Waals surface area contributed by atoms with Gasteiger partial charge in [-0.3, -0.25) is 4.57 Å². The van der Waals surface area contributed by atoms with Crippen LogP contribution in [0.2, 0.25) is 0 Å². The van der Waals surface area contributed by atoms with Crippen molar-refractivity contribution in [3.63, 3.8) is 0 Å². The number of imidazole rings is 1. The number of rotatable bonds is 5. The van der Waals surface area contributed by atoms with Crippen LogP contribution in [-0.4, -0.2) is 14.5 Å². The number of pyridine rings is 1. The second kappa shape index (κ2) is 11.7. The Morgan fingerprint density at radius 2 is 1.44 bits per heavy atom. The third-order valence-electron chi connectivity index (χ3n) is 11.2. The van der Waals surface area contributed by atoms with Gasteiger partial charge in [-0.05, 0) is 118 Å². The van der Waals surface area contributed by atoms with Crippen molar-refractivity contribution in [3.8, 4) is 28.2 Å². The molecule has 0 fully saturated rings. The Labute approximate surface area is 300 Å². The van der Waals surface area contributed by atoms with E-state index in [1.165, 1.54) is 52.6 Å². The molecule has 0 N–H and O–H groups in total. The largest absolute Gasteiger partial charge is 0.437 e. The third-order valence-corrected chi connectivity index (χ3v) is 11.2. The van der Waals surface area contributed by atoms with E-state index in [1.807, 2.05) is 24.3 Å². The SMILES string of the molecule is [2H]C([2H])([2H])c1ccc2c(n1)oc1c(-c3nc4ccccc4n3-c3c(C(C)C)cc(-c4ccc5c(c4)C(C)(C)CCCC5(C)C)cc3C(C)C)cccc12. The monoisotopic (exact) mass is 662 g/mol. The zero-order chi connectivity index (χ0) is 37.6. The molecule has 254 valence electrons. The molecule has 8 rings (SSSR count). The van der Waals surface area contributed by atoms with Crippen molar-refractivity contribution < 1.29 is 8.53 Å². The Hall–Kier alpha value is -4.70. The standard InChI is InChI=1S/C46H49N3O/c1-27(2)35-24-31(30-19-21-37-38(26-30)46(8,9)23-13-22-45(37,6)7)25-36(28(3)4)41(35)49-40-17-11-10-16-39(40)48-43(49)34-15-12-14-32-33-20-18-29(5)47-44(33)50-42(32)34/h10-12,14-21,24-28H,13,22-23H2,1-9H3/i5D3. The fourth-order valence-corrected chi connectivity index (χ4v) is 8.39. The maximum absolute atomic E-state index is 7.92. The summed E-state index contributed by atoms with van der Waals surface area (Å²) in [4.78, 5) is 9.74. The molecular weight excluding hydrogens is 611 g/mol. The molecule has 1 aliphatic rings. The first-order valence-electron chi connectivity index (χ1n) is 19.7. The molecule has 0 saturated heterocycles. The van der Waals surface area contributed by atoms with Crippen LogP contribution in [0, 0.1) is 6.85 Å². The van der Waals surface area contributed by atoms with Gasteiger partial charge in [-0.1, -0.05) is 104 Å². The molecule has 0 saturated carbocycles. The van der Waals surface area contributed by atoms with E-state index in [4.69, 9.17) is 13.5 Å². The van der Waals surface area contributed by atoms with Crippen LogP contribution in [0.15, 0.2) is 89.3 Å². The molecule has 50 heavy (non-hydrogen) atoms. The predicted octanol–water partition coefficient (Wildman–Crippen LogP) is 12.9. The van der Waals surface area contributed by atoms with Gasteiger partial charge >= 0.3 is 0 Å². The molecule has 0 radical (unpaired) electrons. The average Bonchev–Trinajstić information content (AvgIpc) is 3.66. The van der Waals surface area contributed by atoms with Gasteiger partial charge in [0.15, 0.2) is 0 Å². The zero-order valence-corrected chi connectivity index (χ0v) is 30.6. The molecule has 0 atom stereocenters. The first kappa shape index (κ1) is 29.1. The van der Waals surface area contributed by atoms with Crippen LogP contribution in [-0.2, 0) is 10.8 Å². The lowest BCUT2D eigenvalue weighted by molar-refractivity contribution is 0.433. The Balaban J connectivity index is 1.39. The van der Waals surface area contributed by atoms with Crippen molar-refractivity contribution in [1.82, 2.24) is 14.5 Å². The molecule has 0 unspecified atom stereocenters. The fraction of sp³-hybridized carbons (Fsp3) is 0.348. The molecular formula is C46H49N3O. The van der Waals surface area contributed by atoms with Gasteiger partial charge in [0.2, 0.25) is 5.71 Å². The topological polar surface area (TPSA) is 43.9 Å². The summed E-state index contributed by atoms with van der Waals surface area (Å²) < 4.78 is 32.6. The van der Waals surface area contributed by atoms with E-state index in [0.717, 1.165) is 38.9 Å². The number of hydrogen-bond donors (Lipinski definition) is 0. The van der Waals surface area contributed by atoms with E-state index in [-0.39, 0.29) is 28.4 Å². The average molecular weight is 663 g/mol. The summed E-state index contributed by atoms with van der Waals surface area (Å²) in [5, 5.41) is 1.65. The second-order valence-corrected chi connectivity index (χ2v) is 16.3. The van der Waals surface area contributed by atoms with Crippen molar-refractivity contribution >= 4 is 33.1 Å². The van der Waals surface area contributed by atoms with Gasteiger partial charge < -0.3 is 4.42 Å². The van der Waals surface area contributed by atoms with E-state index < -0.39 is 6.85 Å². The quantitative estimate of drug-likeness (QED) is 0.172. The molecule has 0 amide bonds. The number of fused-ring (bicyclic) bond motifs is 5. The van der Waals surface area contributed by atoms with Crippen LogP contribution in [0.4, 0.5) is 0 Å². The first-order chi connectivity index (χ1) is 25.0. The van der Waals surface area contributed by atoms with Crippen molar-refractivity contribution in [1.29, 1.82) is 0 Å². The summed E-state index contributed by atoms with van der Waals surface area (Å²) >= 11 is 0. The van der Waals surface area contributed by atoms with Gasteiger partial charge in [0.05, 0.1) is 22.3 Å². The molecule has 7 aromatic rings. The van der Waals surface area contributed by atoms with E-state index in [0.29, 0.717) is 11.3 Å². The maximum atomic E-state index is 7.92. The highest BCUT2D eigenvalue weighted by molar-refractivity contribution is 6.08. The molecule has 4 aromatic carbocycles. The number of nitrogens with zero attached hydrogens (tertiary/aromatic N) is 3. The molecule has 3 heterocycles. The summed E-state index contributed by atoms with van der Waals surface area (Å²) in [5.41, 5.74) is 13.1. The molecule has 3 aromatic heterocycles. The van der Waals surface area contributed by atoms with Crippen LogP contribution < -0.4 is 0 Å². The summed E-state index contributed by atoms with van der Waals surface area (Å²) in [6.45, 7) is 16.4. The third kappa shape index (κ3) is 5.18. The normalized spacial score (nSPS) is 16.9. The van der Waals surface area contributed by atoms with Gasteiger partial charge in [-0.2, -0.15) is 0 Å². The minimum Gasteiger partial charge on any atom is -0.437 e. The highest BCUT2D eigenvalue weighted by Crippen LogP contribution is 2.46. The molecule has 4 nitrogen and oxygen atoms in total. The van der Waals surface area contributed by atoms with Gasteiger partial charge in [0.1, 0.15) is 11.4 Å². The van der Waals surface area contributed by atoms with E-state index in [2.05, 4.69) is 113 Å². The molecule has 0 aliphatic heterocycles. The first-order valence-corrected chi connectivity index (χ1v) is 18.2. The number of benzene rings is 4. The van der Waals surface area contributed by atoms with Crippen molar-refractivity contribution in [2.45, 2.75) is 104 Å². The molecule has 0 bridgehead atoms. The van der Waals surface area contributed by atoms with E-state index >= 15 is 0 Å². The second-order valence-electron chi connectivity index (χ2n) is 16.3.